The lowest BCUT2D eigenvalue weighted by atomic mass is 10.1. The fourth-order valence-corrected chi connectivity index (χ4v) is 3.44. The van der Waals surface area contributed by atoms with E-state index in [4.69, 9.17) is 9.15 Å². The second-order valence-corrected chi connectivity index (χ2v) is 7.23. The van der Waals surface area contributed by atoms with Gasteiger partial charge in [-0.05, 0) is 76.9 Å². The van der Waals surface area contributed by atoms with Crippen LogP contribution in [0.3, 0.4) is 0 Å². The molecule has 0 radical (unpaired) electrons. The number of aryl methyl sites for hydroxylation is 1. The van der Waals surface area contributed by atoms with Crippen LogP contribution in [0.15, 0.2) is 69.6 Å². The van der Waals surface area contributed by atoms with Crippen LogP contribution in [0.5, 0.6) is 5.75 Å². The number of methoxy groups -OCH3 is 1. The first kappa shape index (κ1) is 18.3. The summed E-state index contributed by atoms with van der Waals surface area (Å²) in [4.78, 5) is 17.1. The van der Waals surface area contributed by atoms with Gasteiger partial charge in [0, 0.05) is 16.8 Å². The van der Waals surface area contributed by atoms with E-state index in [1.54, 1.807) is 25.3 Å². The Hall–Kier alpha value is -3.12. The summed E-state index contributed by atoms with van der Waals surface area (Å²) in [6, 6.07) is 18.5. The summed E-state index contributed by atoms with van der Waals surface area (Å²) in [5.74, 6) is 0.974. The van der Waals surface area contributed by atoms with Crippen molar-refractivity contribution in [3.8, 4) is 17.2 Å². The average Bonchev–Trinajstić information content (AvgIpc) is 3.11. The smallest absolute Gasteiger partial charge is 0.255 e. The molecule has 1 heterocycles. The molecule has 0 spiro atoms. The maximum atomic E-state index is 12.6. The molecule has 4 rings (SSSR count). The third-order valence-electron chi connectivity index (χ3n) is 4.32. The Morgan fingerprint density at radius 1 is 1.11 bits per heavy atom. The molecule has 0 bridgehead atoms. The van der Waals surface area contributed by atoms with Crippen LogP contribution in [0.25, 0.3) is 22.6 Å². The number of hydrogen-bond donors (Lipinski definition) is 1. The fourth-order valence-electron chi connectivity index (χ4n) is 2.90. The van der Waals surface area contributed by atoms with Crippen molar-refractivity contribution in [1.82, 2.24) is 4.98 Å². The lowest BCUT2D eigenvalue weighted by molar-refractivity contribution is 0.102. The van der Waals surface area contributed by atoms with Gasteiger partial charge in [0.15, 0.2) is 5.58 Å². The molecule has 0 saturated heterocycles. The van der Waals surface area contributed by atoms with Crippen molar-refractivity contribution in [3.05, 3.63) is 76.3 Å². The SMILES string of the molecule is COc1ccc(C(=O)Nc2cccc(-c3nc4cc(C)ccc4o3)c2)cc1Br. The summed E-state index contributed by atoms with van der Waals surface area (Å²) in [6.07, 6.45) is 0. The highest BCUT2D eigenvalue weighted by molar-refractivity contribution is 9.10. The molecule has 0 aliphatic heterocycles. The minimum atomic E-state index is -0.214. The number of nitrogens with one attached hydrogen (secondary N) is 1. The molecule has 3 aromatic carbocycles. The molecule has 6 heteroatoms. The number of nitrogens with zero attached hydrogens (tertiary/aromatic N) is 1. The number of halogens is 1. The van der Waals surface area contributed by atoms with Crippen LogP contribution in [-0.2, 0) is 0 Å². The highest BCUT2D eigenvalue weighted by Gasteiger charge is 2.12. The number of ether oxygens (including phenoxy) is 1. The zero-order valence-electron chi connectivity index (χ0n) is 15.3. The van der Waals surface area contributed by atoms with Crippen molar-refractivity contribution in [2.75, 3.05) is 12.4 Å². The molecule has 0 unspecified atom stereocenters. The van der Waals surface area contributed by atoms with Gasteiger partial charge in [0.2, 0.25) is 5.89 Å². The number of aromatic nitrogens is 1. The zero-order chi connectivity index (χ0) is 19.7. The Bertz CT molecular complexity index is 1180. The van der Waals surface area contributed by atoms with Gasteiger partial charge in [-0.2, -0.15) is 0 Å². The van der Waals surface area contributed by atoms with Crippen LogP contribution >= 0.6 is 15.9 Å². The molecule has 5 nitrogen and oxygen atoms in total. The minimum absolute atomic E-state index is 0.214. The lowest BCUT2D eigenvalue weighted by Crippen LogP contribution is -2.11. The van der Waals surface area contributed by atoms with Gasteiger partial charge >= 0.3 is 0 Å². The van der Waals surface area contributed by atoms with Crippen LogP contribution in [0.1, 0.15) is 15.9 Å². The van der Waals surface area contributed by atoms with E-state index in [0.717, 1.165) is 26.7 Å². The second kappa shape index (κ2) is 7.48. The molecule has 1 amide bonds. The summed E-state index contributed by atoms with van der Waals surface area (Å²) in [6.45, 7) is 2.02. The van der Waals surface area contributed by atoms with Gasteiger partial charge in [0.1, 0.15) is 11.3 Å². The number of anilines is 1. The number of oxazole rings is 1. The lowest BCUT2D eigenvalue weighted by Gasteiger charge is -2.08. The molecule has 0 atom stereocenters. The summed E-state index contributed by atoms with van der Waals surface area (Å²) < 4.78 is 11.8. The first-order valence-corrected chi connectivity index (χ1v) is 9.45. The number of carbonyl (C=O) groups is 1. The van der Waals surface area contributed by atoms with E-state index >= 15 is 0 Å². The number of amides is 1. The van der Waals surface area contributed by atoms with Crippen molar-refractivity contribution >= 4 is 38.6 Å². The van der Waals surface area contributed by atoms with E-state index in [9.17, 15) is 4.79 Å². The number of hydrogen-bond acceptors (Lipinski definition) is 4. The van der Waals surface area contributed by atoms with Crippen LogP contribution in [-0.4, -0.2) is 18.0 Å². The van der Waals surface area contributed by atoms with Gasteiger partial charge in [-0.25, -0.2) is 4.98 Å². The fraction of sp³-hybridized carbons (Fsp3) is 0.0909. The molecule has 4 aromatic rings. The number of rotatable bonds is 4. The molecule has 0 aliphatic rings. The van der Waals surface area contributed by atoms with Gasteiger partial charge in [-0.1, -0.05) is 12.1 Å². The van der Waals surface area contributed by atoms with Gasteiger partial charge in [0.05, 0.1) is 11.6 Å². The van der Waals surface area contributed by atoms with Crippen LogP contribution in [0.2, 0.25) is 0 Å². The van der Waals surface area contributed by atoms with Gasteiger partial charge < -0.3 is 14.5 Å². The normalized spacial score (nSPS) is 10.8. The molecular weight excluding hydrogens is 420 g/mol. The van der Waals surface area contributed by atoms with Gasteiger partial charge in [-0.15, -0.1) is 0 Å². The molecule has 1 N–H and O–H groups in total. The summed E-state index contributed by atoms with van der Waals surface area (Å²) in [7, 11) is 1.58. The highest BCUT2D eigenvalue weighted by atomic mass is 79.9. The third-order valence-corrected chi connectivity index (χ3v) is 4.94. The average molecular weight is 437 g/mol. The largest absolute Gasteiger partial charge is 0.496 e. The molecule has 0 fully saturated rings. The number of benzene rings is 3. The molecule has 28 heavy (non-hydrogen) atoms. The Labute approximate surface area is 170 Å². The van der Waals surface area contributed by atoms with Crippen LogP contribution < -0.4 is 10.1 Å². The molecule has 0 aliphatic carbocycles. The minimum Gasteiger partial charge on any atom is -0.496 e. The quantitative estimate of drug-likeness (QED) is 0.437. The number of fused-ring (bicyclic) bond motifs is 1. The summed E-state index contributed by atoms with van der Waals surface area (Å²) in [5.41, 5.74) is 4.65. The van der Waals surface area contributed by atoms with E-state index in [1.807, 2.05) is 49.4 Å². The predicted molar refractivity (Wildman–Crippen MR) is 113 cm³/mol. The maximum Gasteiger partial charge on any atom is 0.255 e. The second-order valence-electron chi connectivity index (χ2n) is 6.37. The van der Waals surface area contributed by atoms with Gasteiger partial charge in [-0.3, -0.25) is 4.79 Å². The van der Waals surface area contributed by atoms with Crippen LogP contribution in [0.4, 0.5) is 5.69 Å². The standard InChI is InChI=1S/C22H17BrN2O3/c1-13-6-8-20-18(10-13)25-22(28-20)15-4-3-5-16(11-15)24-21(26)14-7-9-19(27-2)17(23)12-14/h3-12H,1-2H3,(H,24,26). The number of carbonyl (C=O) groups excluding carboxylic acids is 1. The Kier molecular flexibility index (Phi) is 4.88. The molecule has 140 valence electrons. The van der Waals surface area contributed by atoms with E-state index < -0.39 is 0 Å². The molecular formula is C22H17BrN2O3. The zero-order valence-corrected chi connectivity index (χ0v) is 16.9. The van der Waals surface area contributed by atoms with Crippen molar-refractivity contribution in [1.29, 1.82) is 0 Å². The Morgan fingerprint density at radius 3 is 2.75 bits per heavy atom. The Morgan fingerprint density at radius 2 is 1.96 bits per heavy atom. The van der Waals surface area contributed by atoms with Crippen molar-refractivity contribution in [2.24, 2.45) is 0 Å². The first-order chi connectivity index (χ1) is 13.5. The van der Waals surface area contributed by atoms with Crippen LogP contribution in [0, 0.1) is 6.92 Å². The summed E-state index contributed by atoms with van der Waals surface area (Å²) in [5, 5.41) is 2.91. The van der Waals surface area contributed by atoms with E-state index in [2.05, 4.69) is 26.2 Å². The van der Waals surface area contributed by atoms with Gasteiger partial charge in [0.25, 0.3) is 5.91 Å². The van der Waals surface area contributed by atoms with E-state index in [1.165, 1.54) is 0 Å². The Balaban J connectivity index is 1.59. The van der Waals surface area contributed by atoms with Crippen molar-refractivity contribution < 1.29 is 13.9 Å². The first-order valence-electron chi connectivity index (χ1n) is 8.66. The predicted octanol–water partition coefficient (Wildman–Crippen LogP) is 5.83. The topological polar surface area (TPSA) is 64.4 Å². The third kappa shape index (κ3) is 3.64. The van der Waals surface area contributed by atoms with Crippen molar-refractivity contribution in [3.63, 3.8) is 0 Å². The van der Waals surface area contributed by atoms with E-state index in [-0.39, 0.29) is 5.91 Å². The highest BCUT2D eigenvalue weighted by Crippen LogP contribution is 2.28. The summed E-state index contributed by atoms with van der Waals surface area (Å²) >= 11 is 3.40. The maximum absolute atomic E-state index is 12.6. The molecule has 0 saturated carbocycles. The van der Waals surface area contributed by atoms with Crippen molar-refractivity contribution in [2.45, 2.75) is 6.92 Å². The van der Waals surface area contributed by atoms with E-state index in [0.29, 0.717) is 22.9 Å². The molecule has 1 aromatic heterocycles. The monoisotopic (exact) mass is 436 g/mol.